The first-order chi connectivity index (χ1) is 25.8. The topological polar surface area (TPSA) is 103 Å². The Morgan fingerprint density at radius 2 is 0.759 bits per heavy atom. The van der Waals surface area contributed by atoms with Gasteiger partial charge in [0.05, 0.1) is 33.0 Å². The van der Waals surface area contributed by atoms with Crippen LogP contribution in [0.1, 0.15) is 11.4 Å². The van der Waals surface area contributed by atoms with Crippen LogP contribution in [0.3, 0.4) is 0 Å². The van der Waals surface area contributed by atoms with Crippen LogP contribution < -0.4 is 0 Å². The average Bonchev–Trinajstić information content (AvgIpc) is 4.00. The lowest BCUT2D eigenvalue weighted by Crippen LogP contribution is -2.05. The van der Waals surface area contributed by atoms with Gasteiger partial charge in [0.1, 0.15) is 0 Å². The van der Waals surface area contributed by atoms with Crippen molar-refractivity contribution in [2.75, 3.05) is 0 Å². The van der Waals surface area contributed by atoms with E-state index in [4.69, 9.17) is 0 Å². The van der Waals surface area contributed by atoms with Gasteiger partial charge in [-0.15, -0.1) is 0 Å². The SMILES string of the molecule is O=[N+]([O-])c1ccc(-c2c3ccc([nH]3)c3nc(c(-c4c(F)c(F)c(F)c(F)c4F)c4ccc([nH]4)c(-c4c(F)c(F)c(F)c(F)c4F)c4ccc2[nH]4)C=C3)cc1. The third-order valence-electron chi connectivity index (χ3n) is 8.86. The molecule has 7 nitrogen and oxygen atoms in total. The van der Waals surface area contributed by atoms with E-state index in [1.54, 1.807) is 6.07 Å². The second-order valence-electron chi connectivity index (χ2n) is 11.9. The number of nitro groups is 1. The fourth-order valence-corrected chi connectivity index (χ4v) is 6.39. The van der Waals surface area contributed by atoms with Gasteiger partial charge in [0.25, 0.3) is 5.69 Å². The molecule has 0 aliphatic carbocycles. The first-order valence-corrected chi connectivity index (χ1v) is 15.4. The number of nitro benzene ring substituents is 1. The Labute approximate surface area is 293 Å². The van der Waals surface area contributed by atoms with E-state index in [-0.39, 0.29) is 33.6 Å². The highest BCUT2D eigenvalue weighted by molar-refractivity contribution is 6.00. The lowest BCUT2D eigenvalue weighted by Gasteiger charge is -2.10. The highest BCUT2D eigenvalue weighted by atomic mass is 19.2. The normalized spacial score (nSPS) is 12.0. The van der Waals surface area contributed by atoms with E-state index in [9.17, 15) is 36.5 Å². The Morgan fingerprint density at radius 3 is 1.22 bits per heavy atom. The molecule has 0 fully saturated rings. The number of hydrogen-bond donors (Lipinski definition) is 3. The minimum Gasteiger partial charge on any atom is -0.354 e. The van der Waals surface area contributed by atoms with E-state index in [1.165, 1.54) is 54.6 Å². The molecule has 3 N–H and O–H groups in total. The van der Waals surface area contributed by atoms with E-state index in [2.05, 4.69) is 19.9 Å². The molecule has 5 heterocycles. The summed E-state index contributed by atoms with van der Waals surface area (Å²) >= 11 is 0. The van der Waals surface area contributed by atoms with Crippen LogP contribution in [0.25, 0.3) is 78.6 Å². The zero-order valence-corrected chi connectivity index (χ0v) is 26.4. The summed E-state index contributed by atoms with van der Waals surface area (Å²) in [7, 11) is 0. The van der Waals surface area contributed by atoms with Crippen molar-refractivity contribution in [1.29, 1.82) is 0 Å². The summed E-state index contributed by atoms with van der Waals surface area (Å²) in [5.74, 6) is -23.1. The Morgan fingerprint density at radius 1 is 0.407 bits per heavy atom. The van der Waals surface area contributed by atoms with Gasteiger partial charge in [-0.25, -0.2) is 48.9 Å². The molecule has 0 saturated carbocycles. The van der Waals surface area contributed by atoms with Crippen LogP contribution in [0.15, 0.2) is 60.7 Å². The molecule has 0 spiro atoms. The molecule has 0 atom stereocenters. The van der Waals surface area contributed by atoms with Gasteiger partial charge in [-0.3, -0.25) is 10.1 Å². The predicted molar refractivity (Wildman–Crippen MR) is 178 cm³/mol. The molecular formula is C37H15F10N5O2. The van der Waals surface area contributed by atoms with Crippen molar-refractivity contribution in [1.82, 2.24) is 19.9 Å². The van der Waals surface area contributed by atoms with Crippen LogP contribution in [0.5, 0.6) is 0 Å². The lowest BCUT2D eigenvalue weighted by molar-refractivity contribution is -0.384. The summed E-state index contributed by atoms with van der Waals surface area (Å²) in [6.07, 6.45) is 2.55. The summed E-state index contributed by atoms with van der Waals surface area (Å²) in [4.78, 5) is 23.7. The highest BCUT2D eigenvalue weighted by Crippen LogP contribution is 2.41. The number of halogens is 10. The molecule has 0 amide bonds. The van der Waals surface area contributed by atoms with Crippen LogP contribution in [0.4, 0.5) is 49.6 Å². The fraction of sp³-hybridized carbons (Fsp3) is 0. The van der Waals surface area contributed by atoms with E-state index in [0.29, 0.717) is 16.6 Å². The average molecular weight is 752 g/mol. The van der Waals surface area contributed by atoms with Gasteiger partial charge in [-0.1, -0.05) is 0 Å². The predicted octanol–water partition coefficient (Wildman–Crippen LogP) is 11.0. The number of hydrogen-bond acceptors (Lipinski definition) is 3. The van der Waals surface area contributed by atoms with Crippen molar-refractivity contribution in [3.05, 3.63) is 140 Å². The molecule has 0 radical (unpaired) electrons. The molecule has 3 aromatic carbocycles. The number of nitrogens with one attached hydrogen (secondary N) is 3. The van der Waals surface area contributed by atoms with E-state index < -0.39 is 96.4 Å². The highest BCUT2D eigenvalue weighted by Gasteiger charge is 2.31. The first kappa shape index (κ1) is 34.2. The number of aromatic nitrogens is 4. The molecule has 1 aliphatic rings. The molecule has 270 valence electrons. The number of non-ortho nitro benzene ring substituents is 1. The molecule has 4 aromatic heterocycles. The Kier molecular flexibility index (Phi) is 7.82. The van der Waals surface area contributed by atoms with Crippen molar-refractivity contribution in [3.8, 4) is 33.4 Å². The second-order valence-corrected chi connectivity index (χ2v) is 11.9. The zero-order valence-electron chi connectivity index (χ0n) is 26.4. The summed E-state index contributed by atoms with van der Waals surface area (Å²) < 4.78 is 149. The second kappa shape index (κ2) is 12.4. The standard InChI is InChI=1S/C37H15F10N5O2/c38-28-26(29(39)33(43)36(46)32(28)42)24-19-8-6-16(49-19)15-5-7-17(48-15)23(13-1-3-14(4-2-13)52(53)54)18-9-10-20(50-18)25(22-12-11-21(24)51-22)27-30(40)34(44)37(47)35(45)31(27)41/h1-12,48,50-51H. The van der Waals surface area contributed by atoms with Gasteiger partial charge in [0.15, 0.2) is 46.5 Å². The van der Waals surface area contributed by atoms with Crippen molar-refractivity contribution in [2.24, 2.45) is 0 Å². The summed E-state index contributed by atoms with van der Waals surface area (Å²) in [6, 6.07) is 13.0. The van der Waals surface area contributed by atoms with Crippen molar-refractivity contribution in [3.63, 3.8) is 0 Å². The summed E-state index contributed by atoms with van der Waals surface area (Å²) in [5.41, 5.74) is -4.58. The third-order valence-corrected chi connectivity index (χ3v) is 8.86. The molecule has 17 heteroatoms. The van der Waals surface area contributed by atoms with Crippen LogP contribution in [-0.2, 0) is 0 Å². The Bertz CT molecular complexity index is 2870. The molecule has 1 aliphatic heterocycles. The smallest absolute Gasteiger partial charge is 0.269 e. The number of nitrogens with zero attached hydrogens (tertiary/aromatic N) is 2. The minimum atomic E-state index is -2.46. The molecule has 8 bridgehead atoms. The van der Waals surface area contributed by atoms with Crippen LogP contribution >= 0.6 is 0 Å². The van der Waals surface area contributed by atoms with Crippen molar-refractivity contribution < 1.29 is 48.8 Å². The number of H-pyrrole nitrogens is 3. The van der Waals surface area contributed by atoms with E-state index in [0.717, 1.165) is 12.1 Å². The number of fused-ring (bicyclic) bond motifs is 9. The van der Waals surface area contributed by atoms with Crippen LogP contribution in [-0.4, -0.2) is 24.9 Å². The van der Waals surface area contributed by atoms with Crippen LogP contribution in [0.2, 0.25) is 0 Å². The van der Waals surface area contributed by atoms with Gasteiger partial charge in [-0.2, -0.15) is 0 Å². The van der Waals surface area contributed by atoms with Crippen molar-refractivity contribution in [2.45, 2.75) is 0 Å². The monoisotopic (exact) mass is 751 g/mol. The molecular weight excluding hydrogens is 736 g/mol. The molecule has 7 aromatic rings. The first-order valence-electron chi connectivity index (χ1n) is 15.4. The van der Waals surface area contributed by atoms with E-state index >= 15 is 17.6 Å². The van der Waals surface area contributed by atoms with Gasteiger partial charge in [0.2, 0.25) is 11.6 Å². The molecule has 54 heavy (non-hydrogen) atoms. The maximum atomic E-state index is 15.6. The lowest BCUT2D eigenvalue weighted by atomic mass is 10.0. The number of rotatable bonds is 4. The summed E-state index contributed by atoms with van der Waals surface area (Å²) in [6.45, 7) is 0. The van der Waals surface area contributed by atoms with E-state index in [1.807, 2.05) is 0 Å². The van der Waals surface area contributed by atoms with Crippen LogP contribution in [0, 0.1) is 68.3 Å². The maximum Gasteiger partial charge on any atom is 0.269 e. The van der Waals surface area contributed by atoms with Gasteiger partial charge in [0, 0.05) is 56.4 Å². The van der Waals surface area contributed by atoms with Gasteiger partial charge in [-0.05, 0) is 66.2 Å². The molecule has 0 unspecified atom stereocenters. The number of aromatic amines is 3. The molecule has 8 rings (SSSR count). The Hall–Kier alpha value is -6.91. The van der Waals surface area contributed by atoms with Gasteiger partial charge < -0.3 is 15.0 Å². The fourth-order valence-electron chi connectivity index (χ4n) is 6.39. The largest absolute Gasteiger partial charge is 0.354 e. The number of benzene rings is 3. The van der Waals surface area contributed by atoms with Crippen molar-refractivity contribution >= 4 is 50.9 Å². The third kappa shape index (κ3) is 5.10. The maximum absolute atomic E-state index is 15.6. The quantitative estimate of drug-likeness (QED) is 0.0548. The summed E-state index contributed by atoms with van der Waals surface area (Å²) in [5, 5.41) is 11.4. The Balaban J connectivity index is 1.60. The molecule has 0 saturated heterocycles. The van der Waals surface area contributed by atoms with Gasteiger partial charge >= 0.3 is 0 Å². The zero-order chi connectivity index (χ0) is 38.3. The minimum absolute atomic E-state index is 0.114.